The lowest BCUT2D eigenvalue weighted by molar-refractivity contribution is 0.0550. The van der Waals surface area contributed by atoms with E-state index in [0.717, 1.165) is 25.3 Å². The van der Waals surface area contributed by atoms with Crippen molar-refractivity contribution in [1.29, 1.82) is 0 Å². The highest BCUT2D eigenvalue weighted by Crippen LogP contribution is 2.20. The number of rotatable bonds is 3. The van der Waals surface area contributed by atoms with Gasteiger partial charge in [-0.25, -0.2) is 4.98 Å². The van der Waals surface area contributed by atoms with E-state index in [1.807, 2.05) is 0 Å². The summed E-state index contributed by atoms with van der Waals surface area (Å²) in [7, 11) is 0. The summed E-state index contributed by atoms with van der Waals surface area (Å²) in [5.41, 5.74) is 6.53. The maximum Gasteiger partial charge on any atom is 0.0932 e. The van der Waals surface area contributed by atoms with Gasteiger partial charge in [0.05, 0.1) is 10.7 Å². The predicted octanol–water partition coefficient (Wildman–Crippen LogP) is 1.57. The average molecular weight is 212 g/mol. The van der Waals surface area contributed by atoms with Crippen LogP contribution in [0, 0.1) is 5.92 Å². The van der Waals surface area contributed by atoms with Crippen LogP contribution >= 0.6 is 11.3 Å². The zero-order valence-corrected chi connectivity index (χ0v) is 9.05. The molecule has 2 heterocycles. The van der Waals surface area contributed by atoms with Crippen LogP contribution in [0.3, 0.4) is 0 Å². The lowest BCUT2D eigenvalue weighted by Crippen LogP contribution is -2.19. The Morgan fingerprint density at radius 3 is 3.21 bits per heavy atom. The van der Waals surface area contributed by atoms with Crippen LogP contribution in [0.2, 0.25) is 0 Å². The summed E-state index contributed by atoms with van der Waals surface area (Å²) in [6.45, 7) is 2.39. The SMILES string of the molecule is NCc1csc(CC2CCCOC2)n1. The molecule has 0 bridgehead atoms. The van der Waals surface area contributed by atoms with Gasteiger partial charge in [0.1, 0.15) is 0 Å². The zero-order valence-electron chi connectivity index (χ0n) is 8.24. The fraction of sp³-hybridized carbons (Fsp3) is 0.700. The number of ether oxygens (including phenoxy) is 1. The fourth-order valence-corrected chi connectivity index (χ4v) is 2.67. The summed E-state index contributed by atoms with van der Waals surface area (Å²) in [6, 6.07) is 0. The number of hydrogen-bond donors (Lipinski definition) is 1. The Balaban J connectivity index is 1.89. The highest BCUT2D eigenvalue weighted by atomic mass is 32.1. The molecule has 0 aliphatic carbocycles. The smallest absolute Gasteiger partial charge is 0.0932 e. The third kappa shape index (κ3) is 2.53. The Kier molecular flexibility index (Phi) is 3.50. The van der Waals surface area contributed by atoms with Gasteiger partial charge in [0, 0.05) is 31.6 Å². The molecule has 1 aliphatic heterocycles. The first-order valence-corrected chi connectivity index (χ1v) is 5.97. The quantitative estimate of drug-likeness (QED) is 0.827. The second-order valence-corrected chi connectivity index (χ2v) is 4.67. The summed E-state index contributed by atoms with van der Waals surface area (Å²) in [4.78, 5) is 4.46. The van der Waals surface area contributed by atoms with Crippen molar-refractivity contribution in [3.8, 4) is 0 Å². The third-order valence-electron chi connectivity index (χ3n) is 2.53. The van der Waals surface area contributed by atoms with Crippen LogP contribution in [0.4, 0.5) is 0 Å². The van der Waals surface area contributed by atoms with Crippen molar-refractivity contribution in [1.82, 2.24) is 4.98 Å². The van der Waals surface area contributed by atoms with E-state index in [-0.39, 0.29) is 0 Å². The second-order valence-electron chi connectivity index (χ2n) is 3.72. The van der Waals surface area contributed by atoms with Gasteiger partial charge in [-0.1, -0.05) is 0 Å². The largest absolute Gasteiger partial charge is 0.381 e. The molecule has 1 unspecified atom stereocenters. The zero-order chi connectivity index (χ0) is 9.80. The molecule has 1 fully saturated rings. The fourth-order valence-electron chi connectivity index (χ4n) is 1.75. The van der Waals surface area contributed by atoms with Gasteiger partial charge in [0.15, 0.2) is 0 Å². The van der Waals surface area contributed by atoms with E-state index >= 15 is 0 Å². The molecule has 1 aliphatic rings. The molecule has 4 heteroatoms. The summed E-state index contributed by atoms with van der Waals surface area (Å²) < 4.78 is 5.44. The van der Waals surface area contributed by atoms with Crippen LogP contribution in [-0.4, -0.2) is 18.2 Å². The van der Waals surface area contributed by atoms with Crippen molar-refractivity contribution < 1.29 is 4.74 Å². The van der Waals surface area contributed by atoms with E-state index < -0.39 is 0 Å². The molecule has 3 nitrogen and oxygen atoms in total. The minimum Gasteiger partial charge on any atom is -0.381 e. The summed E-state index contributed by atoms with van der Waals surface area (Å²) in [5, 5.41) is 3.26. The highest BCUT2D eigenvalue weighted by molar-refractivity contribution is 7.09. The first-order chi connectivity index (χ1) is 6.88. The van der Waals surface area contributed by atoms with Crippen LogP contribution in [0.15, 0.2) is 5.38 Å². The van der Waals surface area contributed by atoms with Gasteiger partial charge in [0.25, 0.3) is 0 Å². The lowest BCUT2D eigenvalue weighted by atomic mass is 9.99. The van der Waals surface area contributed by atoms with Gasteiger partial charge in [-0.2, -0.15) is 0 Å². The van der Waals surface area contributed by atoms with Crippen molar-refractivity contribution in [2.24, 2.45) is 11.7 Å². The minimum atomic E-state index is 0.553. The molecule has 78 valence electrons. The lowest BCUT2D eigenvalue weighted by Gasteiger charge is -2.20. The van der Waals surface area contributed by atoms with E-state index in [0.29, 0.717) is 12.5 Å². The molecular weight excluding hydrogens is 196 g/mol. The third-order valence-corrected chi connectivity index (χ3v) is 3.45. The Morgan fingerprint density at radius 1 is 1.64 bits per heavy atom. The van der Waals surface area contributed by atoms with E-state index in [1.165, 1.54) is 17.8 Å². The minimum absolute atomic E-state index is 0.553. The average Bonchev–Trinajstić information content (AvgIpc) is 2.67. The van der Waals surface area contributed by atoms with Crippen molar-refractivity contribution in [3.05, 3.63) is 16.1 Å². The molecule has 1 saturated heterocycles. The van der Waals surface area contributed by atoms with Crippen LogP contribution in [0.1, 0.15) is 23.5 Å². The standard InChI is InChI=1S/C10H16N2OS/c11-5-9-7-14-10(12-9)4-8-2-1-3-13-6-8/h7-8H,1-6,11H2. The van der Waals surface area contributed by atoms with Gasteiger partial charge in [-0.15, -0.1) is 11.3 Å². The second kappa shape index (κ2) is 4.87. The molecule has 0 saturated carbocycles. The van der Waals surface area contributed by atoms with Crippen molar-refractivity contribution in [3.63, 3.8) is 0 Å². The molecule has 1 atom stereocenters. The maximum absolute atomic E-state index is 5.52. The molecule has 2 rings (SSSR count). The number of nitrogens with two attached hydrogens (primary N) is 1. The van der Waals surface area contributed by atoms with Gasteiger partial charge in [0.2, 0.25) is 0 Å². The molecule has 0 aromatic carbocycles. The maximum atomic E-state index is 5.52. The molecule has 1 aromatic heterocycles. The summed E-state index contributed by atoms with van der Waals surface area (Å²) >= 11 is 1.72. The van der Waals surface area contributed by atoms with Crippen LogP contribution in [0.25, 0.3) is 0 Å². The van der Waals surface area contributed by atoms with Crippen molar-refractivity contribution >= 4 is 11.3 Å². The van der Waals surface area contributed by atoms with Crippen LogP contribution in [0.5, 0.6) is 0 Å². The molecule has 2 N–H and O–H groups in total. The molecule has 0 radical (unpaired) electrons. The Bertz CT molecular complexity index is 281. The molecule has 1 aromatic rings. The van der Waals surface area contributed by atoms with Crippen LogP contribution in [-0.2, 0) is 17.7 Å². The molecule has 14 heavy (non-hydrogen) atoms. The Morgan fingerprint density at radius 2 is 2.57 bits per heavy atom. The van der Waals surface area contributed by atoms with E-state index in [9.17, 15) is 0 Å². The van der Waals surface area contributed by atoms with Gasteiger partial charge in [-0.05, 0) is 18.8 Å². The topological polar surface area (TPSA) is 48.1 Å². The predicted molar refractivity (Wildman–Crippen MR) is 57.3 cm³/mol. The van der Waals surface area contributed by atoms with Crippen molar-refractivity contribution in [2.45, 2.75) is 25.8 Å². The Hall–Kier alpha value is -0.450. The van der Waals surface area contributed by atoms with Gasteiger partial charge < -0.3 is 10.5 Å². The molecular formula is C10H16N2OS. The highest BCUT2D eigenvalue weighted by Gasteiger charge is 2.15. The number of thiazole rings is 1. The normalized spacial score (nSPS) is 22.5. The van der Waals surface area contributed by atoms with E-state index in [2.05, 4.69) is 10.4 Å². The molecule has 0 amide bonds. The first-order valence-electron chi connectivity index (χ1n) is 5.09. The van der Waals surface area contributed by atoms with E-state index in [1.54, 1.807) is 11.3 Å². The van der Waals surface area contributed by atoms with Crippen molar-refractivity contribution in [2.75, 3.05) is 13.2 Å². The molecule has 0 spiro atoms. The summed E-state index contributed by atoms with van der Waals surface area (Å²) in [6.07, 6.45) is 3.53. The number of nitrogens with zero attached hydrogens (tertiary/aromatic N) is 1. The van der Waals surface area contributed by atoms with Gasteiger partial charge in [-0.3, -0.25) is 0 Å². The van der Waals surface area contributed by atoms with Gasteiger partial charge >= 0.3 is 0 Å². The Labute approximate surface area is 88.3 Å². The summed E-state index contributed by atoms with van der Waals surface area (Å²) in [5.74, 6) is 0.667. The number of hydrogen-bond acceptors (Lipinski definition) is 4. The monoisotopic (exact) mass is 212 g/mol. The van der Waals surface area contributed by atoms with E-state index in [4.69, 9.17) is 10.5 Å². The van der Waals surface area contributed by atoms with Crippen LogP contribution < -0.4 is 5.73 Å². The number of aromatic nitrogens is 1. The first kappa shape index (κ1) is 10.1.